The summed E-state index contributed by atoms with van der Waals surface area (Å²) in [7, 11) is 0. The van der Waals surface area contributed by atoms with Crippen molar-refractivity contribution in [2.75, 3.05) is 54.0 Å². The number of nitrogens with zero attached hydrogens (tertiary/aromatic N) is 6. The van der Waals surface area contributed by atoms with Crippen LogP contribution < -0.4 is 19.5 Å². The fourth-order valence-electron chi connectivity index (χ4n) is 6.93. The van der Waals surface area contributed by atoms with Crippen LogP contribution in [-0.4, -0.2) is 54.4 Å². The van der Waals surface area contributed by atoms with Gasteiger partial charge in [-0.1, -0.05) is 41.2 Å². The molecule has 0 amide bonds. The van der Waals surface area contributed by atoms with Crippen molar-refractivity contribution in [3.63, 3.8) is 0 Å². The van der Waals surface area contributed by atoms with Gasteiger partial charge in [0.05, 0.1) is 11.4 Å². The molecule has 4 aromatic carbocycles. The molecule has 0 saturated carbocycles. The minimum atomic E-state index is 0.837. The maximum absolute atomic E-state index is 6.91. The Morgan fingerprint density at radius 3 is 1.77 bits per heavy atom. The van der Waals surface area contributed by atoms with Crippen molar-refractivity contribution in [2.45, 2.75) is 38.5 Å². The van der Waals surface area contributed by atoms with E-state index >= 15 is 0 Å². The highest BCUT2D eigenvalue weighted by molar-refractivity contribution is 6.15. The Bertz CT molecular complexity index is 1680. The Hall–Kier alpha value is -4.00. The highest BCUT2D eigenvalue weighted by atomic mass is 16.7. The Labute approximate surface area is 228 Å². The summed E-state index contributed by atoms with van der Waals surface area (Å²) >= 11 is 0. The third kappa shape index (κ3) is 3.78. The molecule has 3 saturated heterocycles. The molecule has 0 spiro atoms. The summed E-state index contributed by atoms with van der Waals surface area (Å²) in [4.78, 5) is 16.4. The van der Waals surface area contributed by atoms with Crippen LogP contribution in [0.15, 0.2) is 60.7 Å². The van der Waals surface area contributed by atoms with Gasteiger partial charge in [0.15, 0.2) is 5.75 Å². The smallest absolute Gasteiger partial charge is 0.191 e. The van der Waals surface area contributed by atoms with Gasteiger partial charge in [-0.25, -0.2) is 0 Å². The maximum Gasteiger partial charge on any atom is 0.191 e. The Balaban J connectivity index is 1.48. The lowest BCUT2D eigenvalue weighted by Crippen LogP contribution is -2.29. The summed E-state index contributed by atoms with van der Waals surface area (Å²) in [6.45, 7) is 6.49. The Morgan fingerprint density at radius 1 is 0.564 bits per heavy atom. The molecule has 0 N–H and O–H groups in total. The van der Waals surface area contributed by atoms with E-state index in [-0.39, 0.29) is 0 Å². The first-order valence-electron chi connectivity index (χ1n) is 14.6. The predicted molar refractivity (Wildman–Crippen MR) is 159 cm³/mol. The first kappa shape index (κ1) is 22.9. The number of hydrogen-bond acceptors (Lipinski definition) is 6. The number of rotatable bonds is 5. The molecule has 5 aromatic rings. The largest absolute Gasteiger partial charge is 0.369 e. The van der Waals surface area contributed by atoms with E-state index in [1.54, 1.807) is 4.85 Å². The van der Waals surface area contributed by atoms with Crippen molar-refractivity contribution in [2.24, 2.45) is 0 Å². The molecule has 0 bridgehead atoms. The summed E-state index contributed by atoms with van der Waals surface area (Å²) in [5, 5.41) is 13.8. The van der Waals surface area contributed by atoms with Gasteiger partial charge in [-0.15, -0.1) is 5.10 Å². The molecule has 3 fully saturated rings. The highest BCUT2D eigenvalue weighted by Crippen LogP contribution is 2.54. The van der Waals surface area contributed by atoms with E-state index < -0.39 is 0 Å². The molecule has 3 aliphatic rings. The average molecular weight is 519 g/mol. The van der Waals surface area contributed by atoms with Gasteiger partial charge in [-0.05, 0) is 78.8 Å². The first-order chi connectivity index (χ1) is 19.3. The molecule has 0 unspecified atom stereocenters. The fraction of sp³-hybridized carbons (Fsp3) is 0.375. The van der Waals surface area contributed by atoms with Gasteiger partial charge in [0.25, 0.3) is 0 Å². The van der Waals surface area contributed by atoms with Crippen molar-refractivity contribution in [3.05, 3.63) is 60.7 Å². The van der Waals surface area contributed by atoms with Crippen molar-refractivity contribution >= 4 is 49.6 Å². The molecule has 198 valence electrons. The molecule has 0 atom stereocenters. The minimum Gasteiger partial charge on any atom is -0.369 e. The summed E-state index contributed by atoms with van der Waals surface area (Å²) in [5.74, 6) is 0.901. The molecule has 0 radical (unpaired) electrons. The number of para-hydroxylation sites is 1. The normalized spacial score (nSPS) is 17.9. The first-order valence-corrected chi connectivity index (χ1v) is 14.6. The van der Waals surface area contributed by atoms with Gasteiger partial charge < -0.3 is 19.5 Å². The van der Waals surface area contributed by atoms with E-state index in [0.29, 0.717) is 0 Å². The molecular formula is C32H34N6O. The Kier molecular flexibility index (Phi) is 5.49. The minimum absolute atomic E-state index is 0.837. The second kappa shape index (κ2) is 9.33. The third-order valence-corrected chi connectivity index (χ3v) is 8.82. The van der Waals surface area contributed by atoms with Crippen LogP contribution in [-0.2, 0) is 0 Å². The maximum atomic E-state index is 6.91. The molecule has 1 aromatic heterocycles. The van der Waals surface area contributed by atoms with Gasteiger partial charge >= 0.3 is 0 Å². The second-order valence-corrected chi connectivity index (χ2v) is 11.2. The van der Waals surface area contributed by atoms with E-state index in [9.17, 15) is 0 Å². The SMILES string of the molecule is c1ccc2cc3c(N4CCCC4)c(N4CCCC4)c(N4CCCC4)c(On4nnc5ccccc54)c3cc2c1. The van der Waals surface area contributed by atoms with E-state index in [0.717, 1.165) is 61.4 Å². The standard InChI is InChI=1S/C32H34N6O/c1-2-12-24-22-26-25(21-23(24)11-1)29(35-15-5-6-16-35)30(36-17-7-8-18-36)31(37-19-9-10-20-37)32(26)39-38-28-14-4-3-13-27(28)33-34-38/h1-4,11-14,21-22H,5-10,15-20H2. The molecular weight excluding hydrogens is 484 g/mol. The van der Waals surface area contributed by atoms with Gasteiger partial charge in [-0.2, -0.15) is 0 Å². The molecule has 7 heteroatoms. The summed E-state index contributed by atoms with van der Waals surface area (Å²) in [6, 6.07) is 21.5. The van der Waals surface area contributed by atoms with Gasteiger partial charge in [0.1, 0.15) is 16.7 Å². The average Bonchev–Trinajstić information content (AvgIpc) is 3.80. The molecule has 8 rings (SSSR count). The number of aromatic nitrogens is 3. The van der Waals surface area contributed by atoms with Crippen molar-refractivity contribution in [1.29, 1.82) is 0 Å². The lowest BCUT2D eigenvalue weighted by Gasteiger charge is -2.35. The van der Waals surface area contributed by atoms with Crippen molar-refractivity contribution in [3.8, 4) is 5.75 Å². The van der Waals surface area contributed by atoms with E-state index in [4.69, 9.17) is 4.84 Å². The van der Waals surface area contributed by atoms with Crippen LogP contribution in [0.1, 0.15) is 38.5 Å². The quantitative estimate of drug-likeness (QED) is 0.252. The summed E-state index contributed by atoms with van der Waals surface area (Å²) in [5.41, 5.74) is 5.71. The fourth-order valence-corrected chi connectivity index (χ4v) is 6.93. The van der Waals surface area contributed by atoms with E-state index in [2.05, 4.69) is 61.4 Å². The number of fused-ring (bicyclic) bond motifs is 3. The zero-order chi connectivity index (χ0) is 25.8. The second-order valence-electron chi connectivity index (χ2n) is 11.2. The third-order valence-electron chi connectivity index (χ3n) is 8.82. The number of hydrogen-bond donors (Lipinski definition) is 0. The molecule has 39 heavy (non-hydrogen) atoms. The topological polar surface area (TPSA) is 49.7 Å². The van der Waals surface area contributed by atoms with Crippen LogP contribution in [0, 0.1) is 0 Å². The van der Waals surface area contributed by atoms with E-state index in [1.807, 2.05) is 24.3 Å². The number of benzene rings is 4. The van der Waals surface area contributed by atoms with Crippen molar-refractivity contribution < 1.29 is 4.84 Å². The van der Waals surface area contributed by atoms with Crippen LogP contribution in [0.3, 0.4) is 0 Å². The Morgan fingerprint density at radius 2 is 1.10 bits per heavy atom. The molecule has 4 heterocycles. The monoisotopic (exact) mass is 518 g/mol. The van der Waals surface area contributed by atoms with Crippen LogP contribution >= 0.6 is 0 Å². The predicted octanol–water partition coefficient (Wildman–Crippen LogP) is 6.38. The van der Waals surface area contributed by atoms with Crippen LogP contribution in [0.2, 0.25) is 0 Å². The highest BCUT2D eigenvalue weighted by Gasteiger charge is 2.34. The summed E-state index contributed by atoms with van der Waals surface area (Å²) < 4.78 is 0. The van der Waals surface area contributed by atoms with Crippen LogP contribution in [0.5, 0.6) is 5.75 Å². The summed E-state index contributed by atoms with van der Waals surface area (Å²) in [6.07, 6.45) is 7.38. The lowest BCUT2D eigenvalue weighted by atomic mass is 9.97. The van der Waals surface area contributed by atoms with E-state index in [1.165, 1.54) is 71.7 Å². The van der Waals surface area contributed by atoms with Crippen molar-refractivity contribution in [1.82, 2.24) is 15.2 Å². The van der Waals surface area contributed by atoms with Gasteiger partial charge in [0.2, 0.25) is 0 Å². The van der Waals surface area contributed by atoms with Crippen LogP contribution in [0.4, 0.5) is 17.1 Å². The molecule has 3 aliphatic heterocycles. The van der Waals surface area contributed by atoms with Crippen LogP contribution in [0.25, 0.3) is 32.6 Å². The molecule has 0 aliphatic carbocycles. The van der Waals surface area contributed by atoms with Gasteiger partial charge in [0, 0.05) is 50.0 Å². The van der Waals surface area contributed by atoms with Gasteiger partial charge in [-0.3, -0.25) is 0 Å². The number of anilines is 3. The molecule has 7 nitrogen and oxygen atoms in total. The lowest BCUT2D eigenvalue weighted by molar-refractivity contribution is 0.187. The zero-order valence-electron chi connectivity index (χ0n) is 22.4. The zero-order valence-corrected chi connectivity index (χ0v) is 22.4.